The van der Waals surface area contributed by atoms with Crippen molar-refractivity contribution in [3.05, 3.63) is 53.6 Å². The first kappa shape index (κ1) is 23.7. The molecule has 0 aliphatic carbocycles. The summed E-state index contributed by atoms with van der Waals surface area (Å²) in [5.41, 5.74) is 0.786. The van der Waals surface area contributed by atoms with E-state index >= 15 is 0 Å². The van der Waals surface area contributed by atoms with Crippen LogP contribution in [0, 0.1) is 11.6 Å². The molecule has 154 valence electrons. The Morgan fingerprint density at radius 3 is 2.50 bits per heavy atom. The van der Waals surface area contributed by atoms with E-state index in [2.05, 4.69) is 15.6 Å². The minimum Gasteiger partial charge on any atom is -0.508 e. The average molecular weight is 507 g/mol. The van der Waals surface area contributed by atoms with E-state index in [1.165, 1.54) is 6.07 Å². The van der Waals surface area contributed by atoms with Crippen LogP contribution in [0.4, 0.5) is 8.78 Å². The minimum absolute atomic E-state index is 0. The number of rotatable bonds is 8. The van der Waals surface area contributed by atoms with Crippen molar-refractivity contribution < 1.29 is 23.4 Å². The largest absolute Gasteiger partial charge is 0.508 e. The number of halogens is 3. The van der Waals surface area contributed by atoms with Gasteiger partial charge in [-0.15, -0.1) is 24.0 Å². The number of hydrogen-bond donors (Lipinski definition) is 3. The van der Waals surface area contributed by atoms with Crippen molar-refractivity contribution in [1.82, 2.24) is 10.6 Å². The Bertz CT molecular complexity index is 791. The van der Waals surface area contributed by atoms with E-state index in [-0.39, 0.29) is 42.1 Å². The van der Waals surface area contributed by atoms with Crippen molar-refractivity contribution in [3.8, 4) is 17.2 Å². The van der Waals surface area contributed by atoms with Crippen LogP contribution in [0.1, 0.15) is 5.56 Å². The zero-order valence-corrected chi connectivity index (χ0v) is 18.0. The summed E-state index contributed by atoms with van der Waals surface area (Å²) in [5.74, 6) is -0.0716. The number of hydrogen-bond acceptors (Lipinski definition) is 4. The topological polar surface area (TPSA) is 75.1 Å². The van der Waals surface area contributed by atoms with Crippen LogP contribution in [0.25, 0.3) is 0 Å². The van der Waals surface area contributed by atoms with E-state index in [0.29, 0.717) is 31.2 Å². The maximum atomic E-state index is 13.5. The number of phenols is 1. The van der Waals surface area contributed by atoms with Crippen LogP contribution in [0.2, 0.25) is 0 Å². The molecule has 0 aliphatic heterocycles. The average Bonchev–Trinajstić information content (AvgIpc) is 2.66. The minimum atomic E-state index is -0.739. The number of benzene rings is 2. The van der Waals surface area contributed by atoms with Crippen molar-refractivity contribution in [3.63, 3.8) is 0 Å². The number of guanidine groups is 1. The molecular formula is C19H24F2IN3O3. The van der Waals surface area contributed by atoms with Crippen LogP contribution in [-0.4, -0.2) is 44.9 Å². The van der Waals surface area contributed by atoms with Gasteiger partial charge in [0, 0.05) is 25.7 Å². The molecule has 9 heteroatoms. The second-order valence-electron chi connectivity index (χ2n) is 5.59. The monoisotopic (exact) mass is 507 g/mol. The molecule has 0 unspecified atom stereocenters. The van der Waals surface area contributed by atoms with Crippen molar-refractivity contribution in [2.24, 2.45) is 4.99 Å². The Labute approximate surface area is 180 Å². The zero-order valence-electron chi connectivity index (χ0n) is 15.7. The maximum Gasteiger partial charge on any atom is 0.191 e. The fourth-order valence-corrected chi connectivity index (χ4v) is 2.34. The lowest BCUT2D eigenvalue weighted by molar-refractivity contribution is 0.304. The van der Waals surface area contributed by atoms with Gasteiger partial charge in [-0.1, -0.05) is 6.07 Å². The predicted octanol–water partition coefficient (Wildman–Crippen LogP) is 3.08. The first-order valence-corrected chi connectivity index (χ1v) is 8.41. The molecule has 2 aromatic carbocycles. The summed E-state index contributed by atoms with van der Waals surface area (Å²) < 4.78 is 36.6. The van der Waals surface area contributed by atoms with Crippen LogP contribution in [0.15, 0.2) is 41.4 Å². The van der Waals surface area contributed by atoms with Crippen LogP contribution < -0.4 is 20.1 Å². The van der Waals surface area contributed by atoms with Gasteiger partial charge in [0.05, 0.1) is 13.7 Å². The molecule has 2 aromatic rings. The highest BCUT2D eigenvalue weighted by Crippen LogP contribution is 2.23. The smallest absolute Gasteiger partial charge is 0.191 e. The number of nitrogens with zero attached hydrogens (tertiary/aromatic N) is 1. The van der Waals surface area contributed by atoms with Gasteiger partial charge in [-0.05, 0) is 30.2 Å². The Hall–Kier alpha value is -2.30. The lowest BCUT2D eigenvalue weighted by Crippen LogP contribution is -2.40. The summed E-state index contributed by atoms with van der Waals surface area (Å²) in [7, 11) is 3.17. The molecule has 0 aromatic heterocycles. The fourth-order valence-electron chi connectivity index (χ4n) is 2.34. The summed E-state index contributed by atoms with van der Waals surface area (Å²) >= 11 is 0. The van der Waals surface area contributed by atoms with Gasteiger partial charge >= 0.3 is 0 Å². The molecule has 3 N–H and O–H groups in total. The van der Waals surface area contributed by atoms with Gasteiger partial charge in [-0.3, -0.25) is 4.99 Å². The Morgan fingerprint density at radius 1 is 1.11 bits per heavy atom. The van der Waals surface area contributed by atoms with Gasteiger partial charge in [-0.25, -0.2) is 8.78 Å². The molecule has 0 fully saturated rings. The lowest BCUT2D eigenvalue weighted by atomic mass is 10.1. The standard InChI is InChI=1S/C19H23F2N3O3.HI/c1-22-19(23-8-7-13-3-5-15(26-2)12-17(13)25)24-9-10-27-18-6-4-14(20)11-16(18)21;/h3-6,11-12,25H,7-10H2,1-2H3,(H2,22,23,24);1H. The third-order valence-corrected chi connectivity index (χ3v) is 3.75. The Morgan fingerprint density at radius 2 is 1.86 bits per heavy atom. The van der Waals surface area contributed by atoms with Gasteiger partial charge < -0.3 is 25.2 Å². The number of phenolic OH excluding ortho intramolecular Hbond substituents is 1. The van der Waals surface area contributed by atoms with Crippen LogP contribution in [0.5, 0.6) is 17.2 Å². The highest BCUT2D eigenvalue weighted by Gasteiger charge is 2.06. The molecular weight excluding hydrogens is 483 g/mol. The number of methoxy groups -OCH3 is 1. The Kier molecular flexibility index (Phi) is 10.4. The predicted molar refractivity (Wildman–Crippen MR) is 115 cm³/mol. The molecule has 2 rings (SSSR count). The van der Waals surface area contributed by atoms with Gasteiger partial charge in [0.2, 0.25) is 0 Å². The SMILES string of the molecule is CN=C(NCCOc1ccc(F)cc1F)NCCc1ccc(OC)cc1O.I. The fraction of sp³-hybridized carbons (Fsp3) is 0.316. The van der Waals surface area contributed by atoms with Crippen molar-refractivity contribution in [1.29, 1.82) is 0 Å². The third kappa shape index (κ3) is 7.37. The van der Waals surface area contributed by atoms with Crippen LogP contribution in [-0.2, 0) is 6.42 Å². The van der Waals surface area contributed by atoms with Gasteiger partial charge in [0.1, 0.15) is 23.9 Å². The number of aromatic hydroxyl groups is 1. The van der Waals surface area contributed by atoms with Gasteiger partial charge in [0.15, 0.2) is 17.5 Å². The molecule has 0 saturated carbocycles. The lowest BCUT2D eigenvalue weighted by Gasteiger charge is -2.13. The normalized spacial score (nSPS) is 10.8. The first-order chi connectivity index (χ1) is 13.0. The highest BCUT2D eigenvalue weighted by atomic mass is 127. The van der Waals surface area contributed by atoms with Crippen LogP contribution >= 0.6 is 24.0 Å². The van der Waals surface area contributed by atoms with Crippen LogP contribution in [0.3, 0.4) is 0 Å². The molecule has 0 radical (unpaired) electrons. The zero-order chi connectivity index (χ0) is 19.6. The second-order valence-corrected chi connectivity index (χ2v) is 5.59. The molecule has 0 aliphatic rings. The molecule has 6 nitrogen and oxygen atoms in total. The number of nitrogens with one attached hydrogen (secondary N) is 2. The van der Waals surface area contributed by atoms with E-state index < -0.39 is 11.6 Å². The van der Waals surface area contributed by atoms with E-state index in [9.17, 15) is 13.9 Å². The molecule has 0 spiro atoms. The highest BCUT2D eigenvalue weighted by molar-refractivity contribution is 14.0. The van der Waals surface area contributed by atoms with Gasteiger partial charge in [0.25, 0.3) is 0 Å². The summed E-state index contributed by atoms with van der Waals surface area (Å²) in [4.78, 5) is 4.08. The second kappa shape index (κ2) is 12.2. The molecule has 0 saturated heterocycles. The van der Waals surface area contributed by atoms with E-state index in [0.717, 1.165) is 17.7 Å². The maximum absolute atomic E-state index is 13.5. The number of ether oxygens (including phenoxy) is 2. The van der Waals surface area contributed by atoms with Crippen molar-refractivity contribution >= 4 is 29.9 Å². The van der Waals surface area contributed by atoms with E-state index in [1.807, 2.05) is 0 Å². The Balaban J connectivity index is 0.00000392. The third-order valence-electron chi connectivity index (χ3n) is 3.75. The molecule has 0 heterocycles. The van der Waals surface area contributed by atoms with Gasteiger partial charge in [-0.2, -0.15) is 0 Å². The molecule has 0 amide bonds. The first-order valence-electron chi connectivity index (χ1n) is 8.41. The van der Waals surface area contributed by atoms with E-state index in [4.69, 9.17) is 9.47 Å². The number of aliphatic imine (C=N–C) groups is 1. The summed E-state index contributed by atoms with van der Waals surface area (Å²) in [6.45, 7) is 1.11. The van der Waals surface area contributed by atoms with E-state index in [1.54, 1.807) is 32.4 Å². The van der Waals surface area contributed by atoms with Crippen molar-refractivity contribution in [2.45, 2.75) is 6.42 Å². The summed E-state index contributed by atoms with van der Waals surface area (Å²) in [5, 5.41) is 16.1. The quantitative estimate of drug-likeness (QED) is 0.222. The molecule has 28 heavy (non-hydrogen) atoms. The molecule has 0 bridgehead atoms. The molecule has 0 atom stereocenters. The summed E-state index contributed by atoms with van der Waals surface area (Å²) in [6, 6.07) is 8.32. The summed E-state index contributed by atoms with van der Waals surface area (Å²) in [6.07, 6.45) is 0.591. The van der Waals surface area contributed by atoms with Crippen molar-refractivity contribution in [2.75, 3.05) is 33.9 Å².